The number of phenols is 1. The number of methoxy groups -OCH3 is 1. The molecule has 0 saturated carbocycles. The first kappa shape index (κ1) is 9.38. The molecule has 0 heterocycles. The molecule has 0 bridgehead atoms. The molecule has 4 nitrogen and oxygen atoms in total. The Kier molecular flexibility index (Phi) is 2.74. The molecule has 0 saturated heterocycles. The lowest BCUT2D eigenvalue weighted by Crippen LogP contribution is -2.18. The van der Waals surface area contributed by atoms with E-state index >= 15 is 0 Å². The van der Waals surface area contributed by atoms with Gasteiger partial charge in [-0.3, -0.25) is 4.79 Å². The molecule has 1 amide bonds. The van der Waals surface area contributed by atoms with Crippen molar-refractivity contribution in [3.05, 3.63) is 23.8 Å². The van der Waals surface area contributed by atoms with Crippen molar-refractivity contribution < 1.29 is 14.6 Å². The van der Waals surface area contributed by atoms with Gasteiger partial charge in [-0.25, -0.2) is 0 Å². The van der Waals surface area contributed by atoms with Crippen molar-refractivity contribution in [2.75, 3.05) is 14.2 Å². The van der Waals surface area contributed by atoms with Crippen LogP contribution in [0.3, 0.4) is 0 Å². The highest BCUT2D eigenvalue weighted by atomic mass is 16.5. The molecule has 70 valence electrons. The number of aromatic hydroxyl groups is 1. The summed E-state index contributed by atoms with van der Waals surface area (Å²) in [5, 5.41) is 11.8. The summed E-state index contributed by atoms with van der Waals surface area (Å²) >= 11 is 0. The Morgan fingerprint density at radius 3 is 2.77 bits per heavy atom. The summed E-state index contributed by atoms with van der Waals surface area (Å²) < 4.78 is 4.89. The molecular weight excluding hydrogens is 170 g/mol. The highest BCUT2D eigenvalue weighted by molar-refractivity contribution is 5.97. The van der Waals surface area contributed by atoms with E-state index in [1.807, 2.05) is 0 Å². The van der Waals surface area contributed by atoms with Gasteiger partial charge < -0.3 is 15.2 Å². The summed E-state index contributed by atoms with van der Waals surface area (Å²) in [6.07, 6.45) is 0. The highest BCUT2D eigenvalue weighted by Crippen LogP contribution is 2.29. The zero-order valence-electron chi connectivity index (χ0n) is 7.50. The van der Waals surface area contributed by atoms with Crippen LogP contribution in [0.15, 0.2) is 18.2 Å². The number of phenolic OH excluding ortho intramolecular Hbond substituents is 1. The maximum absolute atomic E-state index is 11.2. The quantitative estimate of drug-likeness (QED) is 0.708. The molecule has 0 spiro atoms. The van der Waals surface area contributed by atoms with Crippen LogP contribution in [0.2, 0.25) is 0 Å². The van der Waals surface area contributed by atoms with Crippen molar-refractivity contribution in [2.24, 2.45) is 0 Å². The average molecular weight is 181 g/mol. The fourth-order valence-electron chi connectivity index (χ4n) is 1.05. The summed E-state index contributed by atoms with van der Waals surface area (Å²) in [7, 11) is 2.92. The number of amides is 1. The van der Waals surface area contributed by atoms with Crippen molar-refractivity contribution >= 4 is 5.91 Å². The van der Waals surface area contributed by atoms with E-state index in [9.17, 15) is 9.90 Å². The van der Waals surface area contributed by atoms with Gasteiger partial charge in [0.1, 0.15) is 0 Å². The molecule has 0 aromatic heterocycles. The number of carbonyl (C=O) groups is 1. The van der Waals surface area contributed by atoms with Crippen LogP contribution >= 0.6 is 0 Å². The molecule has 2 N–H and O–H groups in total. The number of hydrogen-bond acceptors (Lipinski definition) is 3. The van der Waals surface area contributed by atoms with Gasteiger partial charge in [-0.1, -0.05) is 6.07 Å². The first-order chi connectivity index (χ1) is 6.20. The first-order valence-electron chi connectivity index (χ1n) is 3.78. The minimum Gasteiger partial charge on any atom is -0.504 e. The lowest BCUT2D eigenvalue weighted by atomic mass is 10.2. The predicted octanol–water partition coefficient (Wildman–Crippen LogP) is 0.760. The fourth-order valence-corrected chi connectivity index (χ4v) is 1.05. The summed E-state index contributed by atoms with van der Waals surface area (Å²) in [4.78, 5) is 11.2. The monoisotopic (exact) mass is 181 g/mol. The summed E-state index contributed by atoms with van der Waals surface area (Å²) in [6.45, 7) is 0. The largest absolute Gasteiger partial charge is 0.504 e. The summed E-state index contributed by atoms with van der Waals surface area (Å²) in [6, 6.07) is 4.63. The van der Waals surface area contributed by atoms with E-state index < -0.39 is 0 Å². The van der Waals surface area contributed by atoms with Crippen molar-refractivity contribution in [3.63, 3.8) is 0 Å². The van der Waals surface area contributed by atoms with Crippen LogP contribution in [0.5, 0.6) is 11.5 Å². The normalized spacial score (nSPS) is 9.38. The van der Waals surface area contributed by atoms with Crippen molar-refractivity contribution in [1.29, 1.82) is 0 Å². The van der Waals surface area contributed by atoms with Crippen LogP contribution in [-0.4, -0.2) is 25.2 Å². The zero-order valence-corrected chi connectivity index (χ0v) is 7.50. The standard InChI is InChI=1S/C9H11NO3/c1-10-9(12)6-4-3-5-7(11)8(6)13-2/h3-5,11H,1-2H3,(H,10,12). The second-order valence-corrected chi connectivity index (χ2v) is 2.44. The number of rotatable bonds is 2. The van der Waals surface area contributed by atoms with Crippen LogP contribution in [0.4, 0.5) is 0 Å². The van der Waals surface area contributed by atoms with Gasteiger partial charge >= 0.3 is 0 Å². The van der Waals surface area contributed by atoms with Crippen LogP contribution in [0.25, 0.3) is 0 Å². The third-order valence-corrected chi connectivity index (χ3v) is 1.67. The lowest BCUT2D eigenvalue weighted by Gasteiger charge is -2.07. The number of hydrogen-bond donors (Lipinski definition) is 2. The van der Waals surface area contributed by atoms with Crippen LogP contribution < -0.4 is 10.1 Å². The fraction of sp³-hybridized carbons (Fsp3) is 0.222. The molecule has 13 heavy (non-hydrogen) atoms. The highest BCUT2D eigenvalue weighted by Gasteiger charge is 2.13. The van der Waals surface area contributed by atoms with Crippen molar-refractivity contribution in [1.82, 2.24) is 5.32 Å². The molecule has 0 fully saturated rings. The Morgan fingerprint density at radius 1 is 1.54 bits per heavy atom. The van der Waals surface area contributed by atoms with Crippen LogP contribution in [0.1, 0.15) is 10.4 Å². The number of para-hydroxylation sites is 1. The molecule has 4 heteroatoms. The number of ether oxygens (including phenoxy) is 1. The van der Waals surface area contributed by atoms with E-state index in [1.54, 1.807) is 12.1 Å². The third kappa shape index (κ3) is 1.72. The Balaban J connectivity index is 3.20. The van der Waals surface area contributed by atoms with Gasteiger partial charge in [0.15, 0.2) is 11.5 Å². The molecule has 0 unspecified atom stereocenters. The maximum atomic E-state index is 11.2. The Bertz CT molecular complexity index is 323. The topological polar surface area (TPSA) is 58.6 Å². The van der Waals surface area contributed by atoms with E-state index in [2.05, 4.69) is 5.32 Å². The maximum Gasteiger partial charge on any atom is 0.254 e. The van der Waals surface area contributed by atoms with Crippen LogP contribution in [-0.2, 0) is 0 Å². The SMILES string of the molecule is CNC(=O)c1cccc(O)c1OC. The van der Waals surface area contributed by atoms with E-state index in [0.29, 0.717) is 5.56 Å². The minimum absolute atomic E-state index is 0.0383. The number of nitrogens with one attached hydrogen (secondary N) is 1. The third-order valence-electron chi connectivity index (χ3n) is 1.67. The van der Waals surface area contributed by atoms with Gasteiger partial charge in [-0.05, 0) is 12.1 Å². The summed E-state index contributed by atoms with van der Waals surface area (Å²) in [5.74, 6) is -0.127. The molecule has 0 aliphatic carbocycles. The number of benzene rings is 1. The minimum atomic E-state index is -0.284. The molecule has 0 aliphatic heterocycles. The van der Waals surface area contributed by atoms with Crippen molar-refractivity contribution in [3.8, 4) is 11.5 Å². The van der Waals surface area contributed by atoms with Gasteiger partial charge in [0.05, 0.1) is 12.7 Å². The smallest absolute Gasteiger partial charge is 0.254 e. The molecule has 1 aromatic carbocycles. The Labute approximate surface area is 76.1 Å². The van der Waals surface area contributed by atoms with E-state index in [1.165, 1.54) is 20.2 Å². The number of carbonyl (C=O) groups excluding carboxylic acids is 1. The molecule has 1 rings (SSSR count). The second kappa shape index (κ2) is 3.80. The predicted molar refractivity (Wildman–Crippen MR) is 48.0 cm³/mol. The van der Waals surface area contributed by atoms with E-state index in [4.69, 9.17) is 4.74 Å². The van der Waals surface area contributed by atoms with Gasteiger partial charge in [0.2, 0.25) is 0 Å². The van der Waals surface area contributed by atoms with Gasteiger partial charge in [-0.2, -0.15) is 0 Å². The first-order valence-corrected chi connectivity index (χ1v) is 3.78. The Hall–Kier alpha value is -1.71. The van der Waals surface area contributed by atoms with Gasteiger partial charge in [-0.15, -0.1) is 0 Å². The van der Waals surface area contributed by atoms with Gasteiger partial charge in [0, 0.05) is 7.05 Å². The second-order valence-electron chi connectivity index (χ2n) is 2.44. The Morgan fingerprint density at radius 2 is 2.23 bits per heavy atom. The molecule has 0 radical (unpaired) electrons. The molecule has 0 aliphatic rings. The van der Waals surface area contributed by atoms with E-state index in [0.717, 1.165) is 0 Å². The molecular formula is C9H11NO3. The molecule has 1 aromatic rings. The van der Waals surface area contributed by atoms with Gasteiger partial charge in [0.25, 0.3) is 5.91 Å². The van der Waals surface area contributed by atoms with Crippen molar-refractivity contribution in [2.45, 2.75) is 0 Å². The lowest BCUT2D eigenvalue weighted by molar-refractivity contribution is 0.0959. The summed E-state index contributed by atoms with van der Waals surface area (Å²) in [5.41, 5.74) is 0.324. The average Bonchev–Trinajstić information content (AvgIpc) is 2.16. The molecule has 0 atom stereocenters. The zero-order chi connectivity index (χ0) is 9.84. The van der Waals surface area contributed by atoms with Crippen LogP contribution in [0, 0.1) is 0 Å². The van der Waals surface area contributed by atoms with E-state index in [-0.39, 0.29) is 17.4 Å².